The first-order valence-electron chi connectivity index (χ1n) is 4.99. The smallest absolute Gasteiger partial charge is 0.337 e. The summed E-state index contributed by atoms with van der Waals surface area (Å²) in [7, 11) is 0. The average molecular weight is 347 g/mol. The molecule has 0 spiro atoms. The number of benzene rings is 1. The van der Waals surface area contributed by atoms with Crippen LogP contribution in [0.5, 0.6) is 11.6 Å². The molecule has 0 saturated carbocycles. The Morgan fingerprint density at radius 2 is 2.16 bits per heavy atom. The molecule has 0 saturated heterocycles. The number of rotatable bonds is 3. The van der Waals surface area contributed by atoms with Gasteiger partial charge >= 0.3 is 5.97 Å². The van der Waals surface area contributed by atoms with Crippen molar-refractivity contribution in [3.63, 3.8) is 0 Å². The van der Waals surface area contributed by atoms with Crippen LogP contribution < -0.4 is 4.74 Å². The Morgan fingerprint density at radius 3 is 2.79 bits per heavy atom. The maximum absolute atomic E-state index is 13.1. The summed E-state index contributed by atoms with van der Waals surface area (Å²) in [6.45, 7) is 0. The van der Waals surface area contributed by atoms with Gasteiger partial charge in [-0.05, 0) is 40.2 Å². The summed E-state index contributed by atoms with van der Waals surface area (Å²) in [5.74, 6) is -1.39. The molecule has 0 aliphatic carbocycles. The van der Waals surface area contributed by atoms with Gasteiger partial charge in [0.25, 0.3) is 0 Å². The van der Waals surface area contributed by atoms with Gasteiger partial charge in [0.2, 0.25) is 5.88 Å². The van der Waals surface area contributed by atoms with E-state index in [2.05, 4.69) is 20.9 Å². The third kappa shape index (κ3) is 3.02. The first kappa shape index (κ1) is 13.8. The van der Waals surface area contributed by atoms with Crippen molar-refractivity contribution in [3.05, 3.63) is 51.3 Å². The van der Waals surface area contributed by atoms with Gasteiger partial charge in [0, 0.05) is 6.20 Å². The van der Waals surface area contributed by atoms with Gasteiger partial charge in [-0.2, -0.15) is 0 Å². The van der Waals surface area contributed by atoms with Crippen molar-refractivity contribution in [2.45, 2.75) is 0 Å². The van der Waals surface area contributed by atoms with Crippen LogP contribution in [0, 0.1) is 5.82 Å². The molecule has 2 rings (SSSR count). The first-order valence-corrected chi connectivity index (χ1v) is 6.17. The minimum absolute atomic E-state index is 0.0555. The monoisotopic (exact) mass is 345 g/mol. The van der Waals surface area contributed by atoms with Gasteiger partial charge in [0.05, 0.1) is 10.0 Å². The van der Waals surface area contributed by atoms with E-state index in [-0.39, 0.29) is 26.7 Å². The van der Waals surface area contributed by atoms with Crippen molar-refractivity contribution in [2.75, 3.05) is 0 Å². The second-order valence-electron chi connectivity index (χ2n) is 3.46. The van der Waals surface area contributed by atoms with E-state index in [0.717, 1.165) is 0 Å². The number of aromatic nitrogens is 1. The highest BCUT2D eigenvalue weighted by molar-refractivity contribution is 9.10. The molecular formula is C12H6BrClFNO3. The van der Waals surface area contributed by atoms with E-state index in [1.165, 1.54) is 30.5 Å². The van der Waals surface area contributed by atoms with Crippen LogP contribution in [0.4, 0.5) is 4.39 Å². The number of halogens is 3. The molecule has 0 radical (unpaired) electrons. The summed E-state index contributed by atoms with van der Waals surface area (Å²) in [6.07, 6.45) is 1.27. The van der Waals surface area contributed by atoms with Gasteiger partial charge in [-0.3, -0.25) is 0 Å². The summed E-state index contributed by atoms with van der Waals surface area (Å²) >= 11 is 8.88. The Morgan fingerprint density at radius 1 is 1.42 bits per heavy atom. The number of hydrogen-bond acceptors (Lipinski definition) is 3. The molecule has 0 unspecified atom stereocenters. The van der Waals surface area contributed by atoms with Gasteiger partial charge < -0.3 is 9.84 Å². The quantitative estimate of drug-likeness (QED) is 0.908. The van der Waals surface area contributed by atoms with Crippen LogP contribution in [0.15, 0.2) is 34.9 Å². The maximum atomic E-state index is 13.1. The van der Waals surface area contributed by atoms with Crippen LogP contribution in [0.1, 0.15) is 10.4 Å². The minimum atomic E-state index is -1.18. The van der Waals surface area contributed by atoms with E-state index < -0.39 is 11.8 Å². The molecule has 1 heterocycles. The Labute approximate surface area is 120 Å². The lowest BCUT2D eigenvalue weighted by Crippen LogP contribution is -2.00. The van der Waals surface area contributed by atoms with E-state index >= 15 is 0 Å². The van der Waals surface area contributed by atoms with Crippen molar-refractivity contribution in [2.24, 2.45) is 0 Å². The zero-order valence-corrected chi connectivity index (χ0v) is 11.6. The second kappa shape index (κ2) is 5.54. The van der Waals surface area contributed by atoms with Crippen molar-refractivity contribution in [1.82, 2.24) is 4.98 Å². The molecule has 19 heavy (non-hydrogen) atoms. The maximum Gasteiger partial charge on any atom is 0.337 e. The predicted molar refractivity (Wildman–Crippen MR) is 70.4 cm³/mol. The molecule has 0 atom stereocenters. The predicted octanol–water partition coefficient (Wildman–Crippen LogP) is 4.13. The molecule has 2 aromatic rings. The van der Waals surface area contributed by atoms with Gasteiger partial charge in [0.1, 0.15) is 16.6 Å². The SMILES string of the molecule is O=C(O)c1ccnc(Oc2ccc(F)c(Br)c2)c1Cl. The number of ether oxygens (including phenoxy) is 1. The number of aromatic carboxylic acids is 1. The zero-order chi connectivity index (χ0) is 14.0. The first-order chi connectivity index (χ1) is 8.99. The summed E-state index contributed by atoms with van der Waals surface area (Å²) in [5, 5.41) is 8.80. The third-order valence-electron chi connectivity index (χ3n) is 2.19. The lowest BCUT2D eigenvalue weighted by atomic mass is 10.2. The number of carboxylic acids is 1. The molecule has 0 bridgehead atoms. The molecule has 0 aliphatic rings. The van der Waals surface area contributed by atoms with Gasteiger partial charge in [-0.15, -0.1) is 0 Å². The molecule has 4 nitrogen and oxygen atoms in total. The van der Waals surface area contributed by atoms with E-state index in [1.54, 1.807) is 0 Å². The van der Waals surface area contributed by atoms with Gasteiger partial charge in [-0.25, -0.2) is 14.2 Å². The number of hydrogen-bond donors (Lipinski definition) is 1. The largest absolute Gasteiger partial charge is 0.478 e. The van der Waals surface area contributed by atoms with Crippen LogP contribution in [0.2, 0.25) is 5.02 Å². The normalized spacial score (nSPS) is 10.3. The zero-order valence-electron chi connectivity index (χ0n) is 9.23. The fourth-order valence-electron chi connectivity index (χ4n) is 1.31. The van der Waals surface area contributed by atoms with E-state index in [0.29, 0.717) is 0 Å². The molecule has 7 heteroatoms. The molecule has 0 fully saturated rings. The third-order valence-corrected chi connectivity index (χ3v) is 3.17. The van der Waals surface area contributed by atoms with E-state index in [4.69, 9.17) is 21.4 Å². The molecule has 0 amide bonds. The highest BCUT2D eigenvalue weighted by Crippen LogP contribution is 2.31. The topological polar surface area (TPSA) is 59.4 Å². The molecule has 0 aliphatic heterocycles. The Kier molecular flexibility index (Phi) is 4.01. The fraction of sp³-hybridized carbons (Fsp3) is 0. The van der Waals surface area contributed by atoms with Crippen molar-refractivity contribution in [3.8, 4) is 11.6 Å². The summed E-state index contributed by atoms with van der Waals surface area (Å²) in [5.41, 5.74) is -0.118. The lowest BCUT2D eigenvalue weighted by Gasteiger charge is -2.08. The molecule has 1 aromatic carbocycles. The lowest BCUT2D eigenvalue weighted by molar-refractivity contribution is 0.0696. The Bertz CT molecular complexity index is 651. The number of carboxylic acid groups (broad SMARTS) is 1. The van der Waals surface area contributed by atoms with Gasteiger partial charge in [-0.1, -0.05) is 11.6 Å². The van der Waals surface area contributed by atoms with Crippen molar-refractivity contribution >= 4 is 33.5 Å². The molecular weight excluding hydrogens is 340 g/mol. The standard InChI is InChI=1S/C12H6BrClFNO3/c13-8-5-6(1-2-9(8)15)19-11-10(14)7(12(17)18)3-4-16-11/h1-5H,(H,17,18). The second-order valence-corrected chi connectivity index (χ2v) is 4.69. The van der Waals surface area contributed by atoms with Crippen LogP contribution >= 0.6 is 27.5 Å². The van der Waals surface area contributed by atoms with Gasteiger partial charge in [0.15, 0.2) is 0 Å². The average Bonchev–Trinajstić information content (AvgIpc) is 2.36. The summed E-state index contributed by atoms with van der Waals surface area (Å²) < 4.78 is 18.6. The highest BCUT2D eigenvalue weighted by Gasteiger charge is 2.15. The molecule has 1 N–H and O–H groups in total. The van der Waals surface area contributed by atoms with E-state index in [9.17, 15) is 9.18 Å². The van der Waals surface area contributed by atoms with Crippen LogP contribution in [-0.2, 0) is 0 Å². The van der Waals surface area contributed by atoms with Crippen LogP contribution in [0.25, 0.3) is 0 Å². The number of carbonyl (C=O) groups is 1. The molecule has 98 valence electrons. The van der Waals surface area contributed by atoms with Crippen molar-refractivity contribution < 1.29 is 19.0 Å². The highest BCUT2D eigenvalue weighted by atomic mass is 79.9. The van der Waals surface area contributed by atoms with E-state index in [1.807, 2.05) is 0 Å². The fourth-order valence-corrected chi connectivity index (χ4v) is 1.90. The minimum Gasteiger partial charge on any atom is -0.478 e. The Balaban J connectivity index is 2.35. The summed E-state index contributed by atoms with van der Waals surface area (Å²) in [4.78, 5) is 14.7. The Hall–Kier alpha value is -1.66. The van der Waals surface area contributed by atoms with Crippen molar-refractivity contribution in [1.29, 1.82) is 0 Å². The summed E-state index contributed by atoms with van der Waals surface area (Å²) in [6, 6.07) is 5.23. The number of pyridine rings is 1. The van der Waals surface area contributed by atoms with Crippen LogP contribution in [0.3, 0.4) is 0 Å². The number of nitrogens with zero attached hydrogens (tertiary/aromatic N) is 1. The molecule has 1 aromatic heterocycles. The van der Waals surface area contributed by atoms with Crippen LogP contribution in [-0.4, -0.2) is 16.1 Å².